The number of carboxylic acid groups (broad SMARTS) is 1. The lowest BCUT2D eigenvalue weighted by Crippen LogP contribution is -2.17. The SMILES string of the molecule is CCOC(=O)c1ccc(OC(=O)Nc2ccc(C(=O)O)c(O)c2)cc1. The minimum atomic E-state index is -1.28. The van der Waals surface area contributed by atoms with E-state index in [0.717, 1.165) is 12.1 Å². The predicted octanol–water partition coefficient (Wildman–Crippen LogP) is 2.88. The third-order valence-electron chi connectivity index (χ3n) is 3.05. The average Bonchev–Trinajstić information content (AvgIpc) is 2.55. The molecular formula is C17H15NO7. The van der Waals surface area contributed by atoms with E-state index in [1.54, 1.807) is 6.92 Å². The van der Waals surface area contributed by atoms with Crippen molar-refractivity contribution in [1.82, 2.24) is 0 Å². The van der Waals surface area contributed by atoms with Crippen LogP contribution in [-0.4, -0.2) is 34.9 Å². The van der Waals surface area contributed by atoms with Gasteiger partial charge in [0, 0.05) is 11.8 Å². The monoisotopic (exact) mass is 345 g/mol. The first-order chi connectivity index (χ1) is 11.9. The minimum absolute atomic E-state index is 0.163. The van der Waals surface area contributed by atoms with Crippen LogP contribution in [0.5, 0.6) is 11.5 Å². The van der Waals surface area contributed by atoms with Gasteiger partial charge in [-0.2, -0.15) is 0 Å². The van der Waals surface area contributed by atoms with Gasteiger partial charge in [0.1, 0.15) is 17.1 Å². The van der Waals surface area contributed by atoms with Crippen LogP contribution in [0.1, 0.15) is 27.6 Å². The number of carbonyl (C=O) groups excluding carboxylic acids is 2. The highest BCUT2D eigenvalue weighted by molar-refractivity contribution is 5.93. The summed E-state index contributed by atoms with van der Waals surface area (Å²) in [5.41, 5.74) is 0.202. The number of anilines is 1. The maximum atomic E-state index is 11.8. The molecule has 0 heterocycles. The molecule has 0 aromatic heterocycles. The van der Waals surface area contributed by atoms with Crippen molar-refractivity contribution >= 4 is 23.7 Å². The molecule has 2 aromatic carbocycles. The molecule has 0 aliphatic rings. The Morgan fingerprint density at radius 2 is 1.76 bits per heavy atom. The molecule has 8 heteroatoms. The highest BCUT2D eigenvalue weighted by atomic mass is 16.6. The van der Waals surface area contributed by atoms with Gasteiger partial charge in [-0.15, -0.1) is 0 Å². The Morgan fingerprint density at radius 3 is 2.32 bits per heavy atom. The quantitative estimate of drug-likeness (QED) is 0.712. The van der Waals surface area contributed by atoms with Crippen molar-refractivity contribution in [2.45, 2.75) is 6.92 Å². The lowest BCUT2D eigenvalue weighted by Gasteiger charge is -2.08. The zero-order valence-corrected chi connectivity index (χ0v) is 13.2. The summed E-state index contributed by atoms with van der Waals surface area (Å²) in [7, 11) is 0. The number of esters is 1. The lowest BCUT2D eigenvalue weighted by atomic mass is 10.2. The molecule has 0 saturated heterocycles. The second-order valence-electron chi connectivity index (χ2n) is 4.80. The van der Waals surface area contributed by atoms with Gasteiger partial charge < -0.3 is 19.7 Å². The number of aromatic hydroxyl groups is 1. The molecule has 0 bridgehead atoms. The Kier molecular flexibility index (Phi) is 5.57. The molecule has 2 aromatic rings. The Balaban J connectivity index is 1.99. The molecule has 25 heavy (non-hydrogen) atoms. The summed E-state index contributed by atoms with van der Waals surface area (Å²) in [4.78, 5) is 34.1. The van der Waals surface area contributed by atoms with E-state index in [4.69, 9.17) is 14.6 Å². The molecule has 0 fully saturated rings. The lowest BCUT2D eigenvalue weighted by molar-refractivity contribution is 0.0525. The molecule has 0 unspecified atom stereocenters. The number of aromatic carboxylic acids is 1. The average molecular weight is 345 g/mol. The van der Waals surface area contributed by atoms with Gasteiger partial charge in [0.15, 0.2) is 0 Å². The van der Waals surface area contributed by atoms with Crippen LogP contribution in [0.3, 0.4) is 0 Å². The Morgan fingerprint density at radius 1 is 1.08 bits per heavy atom. The molecule has 0 spiro atoms. The van der Waals surface area contributed by atoms with Gasteiger partial charge >= 0.3 is 18.0 Å². The molecule has 0 atom stereocenters. The van der Waals surface area contributed by atoms with E-state index in [2.05, 4.69) is 5.32 Å². The smallest absolute Gasteiger partial charge is 0.417 e. The Bertz CT molecular complexity index is 799. The van der Waals surface area contributed by atoms with Crippen molar-refractivity contribution in [2.24, 2.45) is 0 Å². The molecule has 0 saturated carbocycles. The second-order valence-corrected chi connectivity index (χ2v) is 4.80. The summed E-state index contributed by atoms with van der Waals surface area (Å²) in [5, 5.41) is 20.7. The van der Waals surface area contributed by atoms with E-state index < -0.39 is 23.8 Å². The third kappa shape index (κ3) is 4.71. The second kappa shape index (κ2) is 7.82. The van der Waals surface area contributed by atoms with Gasteiger partial charge in [0.05, 0.1) is 12.2 Å². The highest BCUT2D eigenvalue weighted by Gasteiger charge is 2.12. The van der Waals surface area contributed by atoms with E-state index >= 15 is 0 Å². The molecule has 3 N–H and O–H groups in total. The van der Waals surface area contributed by atoms with E-state index in [1.165, 1.54) is 30.3 Å². The van der Waals surface area contributed by atoms with Crippen LogP contribution < -0.4 is 10.1 Å². The topological polar surface area (TPSA) is 122 Å². The molecule has 0 radical (unpaired) electrons. The fraction of sp³-hybridized carbons (Fsp3) is 0.118. The minimum Gasteiger partial charge on any atom is -0.507 e. The number of carbonyl (C=O) groups is 3. The number of phenols is 1. The van der Waals surface area contributed by atoms with Crippen LogP contribution in [0.25, 0.3) is 0 Å². The van der Waals surface area contributed by atoms with Crippen molar-refractivity contribution in [2.75, 3.05) is 11.9 Å². The first-order valence-corrected chi connectivity index (χ1v) is 7.23. The van der Waals surface area contributed by atoms with E-state index in [9.17, 15) is 19.5 Å². The van der Waals surface area contributed by atoms with Crippen LogP contribution in [0, 0.1) is 0 Å². The van der Waals surface area contributed by atoms with E-state index in [-0.39, 0.29) is 23.6 Å². The first kappa shape index (κ1) is 17.8. The summed E-state index contributed by atoms with van der Waals surface area (Å²) in [6, 6.07) is 9.32. The summed E-state index contributed by atoms with van der Waals surface area (Å²) < 4.78 is 9.87. The summed E-state index contributed by atoms with van der Waals surface area (Å²) in [5.74, 6) is -2.05. The molecule has 8 nitrogen and oxygen atoms in total. The molecule has 2 rings (SSSR count). The molecule has 130 valence electrons. The van der Waals surface area contributed by atoms with Gasteiger partial charge in [-0.25, -0.2) is 14.4 Å². The number of hydrogen-bond acceptors (Lipinski definition) is 6. The van der Waals surface area contributed by atoms with Crippen LogP contribution in [0.4, 0.5) is 10.5 Å². The number of amides is 1. The number of ether oxygens (including phenoxy) is 2. The molecule has 1 amide bonds. The van der Waals surface area contributed by atoms with E-state index in [0.29, 0.717) is 5.56 Å². The zero-order valence-electron chi connectivity index (χ0n) is 13.2. The predicted molar refractivity (Wildman–Crippen MR) is 87.1 cm³/mol. The van der Waals surface area contributed by atoms with E-state index in [1.807, 2.05) is 0 Å². The fourth-order valence-corrected chi connectivity index (χ4v) is 1.91. The van der Waals surface area contributed by atoms with Crippen molar-refractivity contribution in [3.63, 3.8) is 0 Å². The normalized spacial score (nSPS) is 9.96. The number of nitrogens with one attached hydrogen (secondary N) is 1. The largest absolute Gasteiger partial charge is 0.507 e. The van der Waals surface area contributed by atoms with Crippen molar-refractivity contribution in [3.8, 4) is 11.5 Å². The fourth-order valence-electron chi connectivity index (χ4n) is 1.91. The van der Waals surface area contributed by atoms with Gasteiger partial charge in [0.2, 0.25) is 0 Å². The van der Waals surface area contributed by atoms with Gasteiger partial charge in [-0.05, 0) is 43.3 Å². The summed E-state index contributed by atoms with van der Waals surface area (Å²) in [6.45, 7) is 1.95. The van der Waals surface area contributed by atoms with Gasteiger partial charge in [-0.1, -0.05) is 0 Å². The standard InChI is InChI=1S/C17H15NO7/c1-2-24-16(22)10-3-6-12(7-4-10)25-17(23)18-11-5-8-13(15(20)21)14(19)9-11/h3-9,19H,2H2,1H3,(H,18,23)(H,20,21). The number of benzene rings is 2. The number of hydrogen-bond donors (Lipinski definition) is 3. The summed E-state index contributed by atoms with van der Waals surface area (Å²) in [6.07, 6.45) is -0.841. The Hall–Kier alpha value is -3.55. The third-order valence-corrected chi connectivity index (χ3v) is 3.05. The van der Waals surface area contributed by atoms with Crippen LogP contribution in [0.15, 0.2) is 42.5 Å². The van der Waals surface area contributed by atoms with Crippen molar-refractivity contribution in [3.05, 3.63) is 53.6 Å². The summed E-state index contributed by atoms with van der Waals surface area (Å²) >= 11 is 0. The molecule has 0 aliphatic heterocycles. The van der Waals surface area contributed by atoms with Gasteiger partial charge in [0.25, 0.3) is 0 Å². The zero-order chi connectivity index (χ0) is 18.4. The maximum absolute atomic E-state index is 11.8. The van der Waals surface area contributed by atoms with Crippen molar-refractivity contribution < 1.29 is 34.1 Å². The van der Waals surface area contributed by atoms with Crippen molar-refractivity contribution in [1.29, 1.82) is 0 Å². The first-order valence-electron chi connectivity index (χ1n) is 7.23. The van der Waals surface area contributed by atoms with Crippen LogP contribution in [-0.2, 0) is 4.74 Å². The van der Waals surface area contributed by atoms with Crippen LogP contribution in [0.2, 0.25) is 0 Å². The van der Waals surface area contributed by atoms with Crippen LogP contribution >= 0.6 is 0 Å². The molecular weight excluding hydrogens is 330 g/mol. The maximum Gasteiger partial charge on any atom is 0.417 e. The van der Waals surface area contributed by atoms with Gasteiger partial charge in [-0.3, -0.25) is 5.32 Å². The molecule has 0 aliphatic carbocycles. The highest BCUT2D eigenvalue weighted by Crippen LogP contribution is 2.22. The number of carboxylic acids is 1. The number of rotatable bonds is 5. The Labute approximate surface area is 142 Å².